The third-order valence-electron chi connectivity index (χ3n) is 11.1. The van der Waals surface area contributed by atoms with Crippen molar-refractivity contribution in [2.24, 2.45) is 0 Å². The highest BCUT2D eigenvalue weighted by Crippen LogP contribution is 2.41. The highest BCUT2D eigenvalue weighted by molar-refractivity contribution is 6.42. The number of benzene rings is 5. The maximum Gasteiger partial charge on any atom is 0.326 e. The minimum absolute atomic E-state index is 0.00282. The number of anilines is 1. The first kappa shape index (κ1) is 42.1. The van der Waals surface area contributed by atoms with E-state index in [0.29, 0.717) is 45.0 Å². The number of halogens is 3. The lowest BCUT2D eigenvalue weighted by atomic mass is 9.92. The van der Waals surface area contributed by atoms with E-state index in [2.05, 4.69) is 15.6 Å². The van der Waals surface area contributed by atoms with Gasteiger partial charge < -0.3 is 34.9 Å². The van der Waals surface area contributed by atoms with E-state index in [0.717, 1.165) is 39.1 Å². The van der Waals surface area contributed by atoms with Crippen LogP contribution in [0, 0.1) is 19.7 Å². The molecule has 0 saturated heterocycles. The van der Waals surface area contributed by atoms with Crippen molar-refractivity contribution in [3.63, 3.8) is 0 Å². The van der Waals surface area contributed by atoms with E-state index >= 15 is 0 Å². The maximum absolute atomic E-state index is 14.2. The first-order chi connectivity index (χ1) is 29.9. The summed E-state index contributed by atoms with van der Waals surface area (Å²) in [4.78, 5) is 46.3. The molecule has 3 N–H and O–H groups in total. The molecular weight excluding hydrogens is 834 g/mol. The quantitative estimate of drug-likeness (QED) is 0.117. The number of amides is 3. The van der Waals surface area contributed by atoms with Crippen LogP contribution in [0.15, 0.2) is 115 Å². The fourth-order valence-electron chi connectivity index (χ4n) is 7.58. The van der Waals surface area contributed by atoms with Crippen LogP contribution in [0.1, 0.15) is 45.2 Å². The predicted molar refractivity (Wildman–Crippen MR) is 233 cm³/mol. The van der Waals surface area contributed by atoms with E-state index in [1.807, 2.05) is 74.5 Å². The zero-order valence-electron chi connectivity index (χ0n) is 33.7. The van der Waals surface area contributed by atoms with Crippen molar-refractivity contribution in [1.82, 2.24) is 15.2 Å². The number of ether oxygens (including phenoxy) is 3. The highest BCUT2D eigenvalue weighted by Gasteiger charge is 2.38. The number of nitrogens with one attached hydrogen (secondary N) is 2. The summed E-state index contributed by atoms with van der Waals surface area (Å²) in [5.41, 5.74) is 8.00. The largest absolute Gasteiger partial charge is 0.489 e. The number of aromatic nitrogens is 1. The number of nitrogens with zero attached hydrogens (tertiary/aromatic N) is 2. The molecule has 0 aliphatic carbocycles. The zero-order chi connectivity index (χ0) is 43.5. The number of aliphatic carboxylic acids is 1. The van der Waals surface area contributed by atoms with E-state index < -0.39 is 41.9 Å². The molecule has 6 aromatic rings. The average Bonchev–Trinajstić information content (AvgIpc) is 3.26. The molecule has 0 spiro atoms. The van der Waals surface area contributed by atoms with E-state index in [4.69, 9.17) is 37.4 Å². The number of hydrogen-bond donors (Lipinski definition) is 3. The van der Waals surface area contributed by atoms with Gasteiger partial charge in [-0.15, -0.1) is 0 Å². The van der Waals surface area contributed by atoms with E-state index in [1.165, 1.54) is 29.2 Å². The van der Waals surface area contributed by atoms with Crippen LogP contribution < -0.4 is 24.8 Å². The molecule has 11 nitrogen and oxygen atoms in total. The topological polar surface area (TPSA) is 139 Å². The van der Waals surface area contributed by atoms with Gasteiger partial charge in [-0.3, -0.25) is 9.78 Å². The molecular formula is C48H41Cl2FN4O7. The summed E-state index contributed by atoms with van der Waals surface area (Å²) in [6, 6.07) is 28.2. The number of carbonyl (C=O) groups excluding carboxylic acids is 2. The number of aryl methyl sites for hydroxylation is 1. The van der Waals surface area contributed by atoms with Gasteiger partial charge in [0, 0.05) is 37.0 Å². The van der Waals surface area contributed by atoms with Crippen molar-refractivity contribution >= 4 is 46.8 Å². The molecule has 0 saturated carbocycles. The van der Waals surface area contributed by atoms with E-state index in [-0.39, 0.29) is 31.7 Å². The van der Waals surface area contributed by atoms with Gasteiger partial charge in [-0.1, -0.05) is 71.7 Å². The van der Waals surface area contributed by atoms with Crippen molar-refractivity contribution in [1.29, 1.82) is 0 Å². The molecule has 0 unspecified atom stereocenters. The van der Waals surface area contributed by atoms with Gasteiger partial charge in [0.05, 0.1) is 10.0 Å². The Morgan fingerprint density at radius 1 is 0.903 bits per heavy atom. The molecule has 2 aliphatic heterocycles. The van der Waals surface area contributed by atoms with Gasteiger partial charge in [0.15, 0.2) is 17.6 Å². The Balaban J connectivity index is 0.986. The Kier molecular flexibility index (Phi) is 12.3. The lowest BCUT2D eigenvalue weighted by Gasteiger charge is -2.37. The third-order valence-corrected chi connectivity index (χ3v) is 11.9. The van der Waals surface area contributed by atoms with E-state index in [9.17, 15) is 23.9 Å². The van der Waals surface area contributed by atoms with Crippen molar-refractivity contribution < 1.29 is 38.1 Å². The van der Waals surface area contributed by atoms with Gasteiger partial charge in [-0.25, -0.2) is 14.0 Å². The summed E-state index contributed by atoms with van der Waals surface area (Å²) >= 11 is 12.2. The van der Waals surface area contributed by atoms with Crippen LogP contribution in [-0.2, 0) is 35.6 Å². The minimum atomic E-state index is -1.30. The van der Waals surface area contributed by atoms with Gasteiger partial charge >= 0.3 is 12.0 Å². The Bertz CT molecular complexity index is 2660. The number of pyridine rings is 1. The van der Waals surface area contributed by atoms with Crippen LogP contribution in [0.2, 0.25) is 10.0 Å². The molecule has 0 radical (unpaired) electrons. The average molecular weight is 876 g/mol. The number of carboxylic acid groups (broad SMARTS) is 1. The van der Waals surface area contributed by atoms with Crippen LogP contribution in [0.25, 0.3) is 11.1 Å². The van der Waals surface area contributed by atoms with Gasteiger partial charge in [0.1, 0.15) is 36.9 Å². The third kappa shape index (κ3) is 9.46. The fourth-order valence-corrected chi connectivity index (χ4v) is 7.90. The van der Waals surface area contributed by atoms with Gasteiger partial charge in [-0.05, 0) is 119 Å². The molecule has 5 aromatic carbocycles. The lowest BCUT2D eigenvalue weighted by molar-refractivity contribution is -0.142. The molecule has 14 heteroatoms. The molecule has 62 heavy (non-hydrogen) atoms. The normalized spacial score (nSPS) is 15.9. The molecule has 0 fully saturated rings. The first-order valence-electron chi connectivity index (χ1n) is 19.9. The molecule has 3 heterocycles. The van der Waals surface area contributed by atoms with Crippen molar-refractivity contribution in [3.8, 4) is 28.4 Å². The fraction of sp³-hybridized carbons (Fsp3) is 0.208. The predicted octanol–water partition coefficient (Wildman–Crippen LogP) is 9.67. The maximum atomic E-state index is 14.2. The smallest absolute Gasteiger partial charge is 0.326 e. The lowest BCUT2D eigenvalue weighted by Crippen LogP contribution is -2.56. The Morgan fingerprint density at radius 2 is 1.66 bits per heavy atom. The van der Waals surface area contributed by atoms with Gasteiger partial charge in [0.2, 0.25) is 5.91 Å². The summed E-state index contributed by atoms with van der Waals surface area (Å²) in [6.45, 7) is 4.42. The second-order valence-electron chi connectivity index (χ2n) is 15.2. The molecule has 3 atom stereocenters. The Hall–Kier alpha value is -6.63. The molecule has 3 amide bonds. The van der Waals surface area contributed by atoms with Crippen LogP contribution in [0.4, 0.5) is 14.9 Å². The SMILES string of the molecule is Cc1nccc(-c2ccc(C[C@H](NC(=O)[C@@H]3Cc4cc5c(cc4CN3C(=O)Nc3cccc(F)c3)O[C@@H](c3ccc(OCc4ccc(Cl)c(Cl)c4)cc3)CO5)C(=O)O)cc2)c1C. The summed E-state index contributed by atoms with van der Waals surface area (Å²) in [5.74, 6) is -0.849. The molecule has 8 rings (SSSR count). The van der Waals surface area contributed by atoms with Crippen LogP contribution in [0.3, 0.4) is 0 Å². The van der Waals surface area contributed by atoms with Crippen molar-refractivity contribution in [2.45, 2.75) is 58.0 Å². The second kappa shape index (κ2) is 18.2. The first-order valence-corrected chi connectivity index (χ1v) is 20.6. The molecule has 316 valence electrons. The molecule has 2 aliphatic rings. The van der Waals surface area contributed by atoms with Gasteiger partial charge in [0.25, 0.3) is 0 Å². The zero-order valence-corrected chi connectivity index (χ0v) is 35.2. The van der Waals surface area contributed by atoms with Crippen LogP contribution in [0.5, 0.6) is 17.2 Å². The number of carboxylic acids is 1. The monoisotopic (exact) mass is 874 g/mol. The summed E-state index contributed by atoms with van der Waals surface area (Å²) in [5, 5.41) is 16.6. The number of hydrogen-bond acceptors (Lipinski definition) is 7. The Labute approximate surface area is 367 Å². The minimum Gasteiger partial charge on any atom is -0.489 e. The Morgan fingerprint density at radius 3 is 2.40 bits per heavy atom. The summed E-state index contributed by atoms with van der Waals surface area (Å²) in [6.07, 6.45) is 1.35. The number of carbonyl (C=O) groups is 3. The van der Waals surface area contributed by atoms with Crippen LogP contribution in [-0.4, -0.2) is 51.6 Å². The second-order valence-corrected chi connectivity index (χ2v) is 16.1. The number of urea groups is 1. The number of rotatable bonds is 11. The standard InChI is InChI=1S/C48H41Cl2FN4O7/c1-27-28(2)52-17-16-38(27)31-9-6-29(7-10-31)19-41(47(57)58)54-46(56)42-20-33-21-43-44(22-34(33)24-55(42)48(59)53-36-5-3-4-35(51)23-36)62-45(26-61-43)32-11-13-37(14-12-32)60-25-30-8-15-39(49)40(50)18-30/h3-18,21-23,41-42,45H,19-20,24-26H2,1-2H3,(H,53,59)(H,54,56)(H,57,58)/t41-,42-,45+/m0/s1. The summed E-state index contributed by atoms with van der Waals surface area (Å²) < 4.78 is 32.7. The summed E-state index contributed by atoms with van der Waals surface area (Å²) in [7, 11) is 0. The van der Waals surface area contributed by atoms with Crippen molar-refractivity contribution in [2.75, 3.05) is 11.9 Å². The number of fused-ring (bicyclic) bond motifs is 2. The molecule has 0 bridgehead atoms. The highest BCUT2D eigenvalue weighted by atomic mass is 35.5. The van der Waals surface area contributed by atoms with Crippen LogP contribution >= 0.6 is 23.2 Å². The van der Waals surface area contributed by atoms with Gasteiger partial charge in [-0.2, -0.15) is 0 Å². The van der Waals surface area contributed by atoms with Crippen molar-refractivity contribution in [3.05, 3.63) is 170 Å². The molecule has 1 aromatic heterocycles. The van der Waals surface area contributed by atoms with E-state index in [1.54, 1.807) is 30.5 Å².